The molecule has 2 aliphatic rings. The molecule has 21 heavy (non-hydrogen) atoms. The van der Waals surface area contributed by atoms with Crippen LogP contribution in [-0.2, 0) is 19.4 Å². The zero-order valence-electron chi connectivity index (χ0n) is 11.5. The summed E-state index contributed by atoms with van der Waals surface area (Å²) in [6, 6.07) is 0.307. The number of urea groups is 1. The molecule has 2 N–H and O–H groups in total. The lowest BCUT2D eigenvalue weighted by molar-refractivity contribution is -0.254. The van der Waals surface area contributed by atoms with E-state index in [1.165, 1.54) is 0 Å². The number of fused-ring (bicyclic) bond motifs is 1. The molecule has 0 bridgehead atoms. The predicted octanol–water partition coefficient (Wildman–Crippen LogP) is 0.900. The van der Waals surface area contributed by atoms with E-state index in [1.807, 2.05) is 11.8 Å². The topological polar surface area (TPSA) is 93.7 Å². The number of nitrogens with one attached hydrogen (secondary N) is 2. The molecule has 2 heterocycles. The van der Waals surface area contributed by atoms with Gasteiger partial charge in [-0.05, 0) is 12.8 Å². The molecule has 7 nitrogen and oxygen atoms in total. The molecule has 3 atom stereocenters. The Labute approximate surface area is 126 Å². The van der Waals surface area contributed by atoms with Crippen molar-refractivity contribution >= 4 is 29.7 Å². The van der Waals surface area contributed by atoms with Gasteiger partial charge in [-0.25, -0.2) is 24.2 Å². The molecule has 0 unspecified atom stereocenters. The number of rotatable bonds is 6. The Bertz CT molecular complexity index is 442. The summed E-state index contributed by atoms with van der Waals surface area (Å²) in [6.45, 7) is 3.19. The third-order valence-corrected chi connectivity index (χ3v) is 4.95. The van der Waals surface area contributed by atoms with Crippen LogP contribution in [0.3, 0.4) is 0 Å². The van der Waals surface area contributed by atoms with Crippen molar-refractivity contribution in [2.75, 3.05) is 5.75 Å². The Balaban J connectivity index is 1.58. The van der Waals surface area contributed by atoms with Crippen LogP contribution in [0.15, 0.2) is 12.7 Å². The summed E-state index contributed by atoms with van der Waals surface area (Å²) in [4.78, 5) is 41.7. The van der Waals surface area contributed by atoms with E-state index in [4.69, 9.17) is 0 Å². The van der Waals surface area contributed by atoms with Gasteiger partial charge < -0.3 is 10.6 Å². The maximum atomic E-state index is 11.3. The van der Waals surface area contributed by atoms with Gasteiger partial charge in [-0.2, -0.15) is 11.8 Å². The first kappa shape index (κ1) is 15.7. The van der Waals surface area contributed by atoms with Crippen molar-refractivity contribution < 1.29 is 24.2 Å². The van der Waals surface area contributed by atoms with Gasteiger partial charge in [0.2, 0.25) is 0 Å². The third kappa shape index (κ3) is 4.38. The highest BCUT2D eigenvalue weighted by Crippen LogP contribution is 2.33. The largest absolute Gasteiger partial charge is 0.378 e. The van der Waals surface area contributed by atoms with E-state index in [1.54, 1.807) is 0 Å². The summed E-state index contributed by atoms with van der Waals surface area (Å²) in [6.07, 6.45) is 3.54. The molecule has 8 heteroatoms. The highest BCUT2D eigenvalue weighted by Gasteiger charge is 2.42. The van der Waals surface area contributed by atoms with Crippen molar-refractivity contribution in [1.82, 2.24) is 10.6 Å². The van der Waals surface area contributed by atoms with Crippen LogP contribution < -0.4 is 10.6 Å². The molecule has 2 amide bonds. The number of carbonyl (C=O) groups excluding carboxylic acids is 3. The van der Waals surface area contributed by atoms with E-state index >= 15 is 0 Å². The Kier molecular flexibility index (Phi) is 5.49. The van der Waals surface area contributed by atoms with E-state index in [0.717, 1.165) is 24.7 Å². The fraction of sp³-hybridized carbons (Fsp3) is 0.615. The number of carbonyl (C=O) groups is 3. The van der Waals surface area contributed by atoms with E-state index in [9.17, 15) is 14.4 Å². The molecule has 0 saturated carbocycles. The van der Waals surface area contributed by atoms with Crippen molar-refractivity contribution in [3.63, 3.8) is 0 Å². The van der Waals surface area contributed by atoms with Crippen LogP contribution in [0.4, 0.5) is 4.79 Å². The zero-order chi connectivity index (χ0) is 15.2. The number of amides is 2. The lowest BCUT2D eigenvalue weighted by atomic mass is 10.0. The predicted molar refractivity (Wildman–Crippen MR) is 76.3 cm³/mol. The van der Waals surface area contributed by atoms with Crippen molar-refractivity contribution in [1.29, 1.82) is 0 Å². The van der Waals surface area contributed by atoms with Crippen molar-refractivity contribution in [3.05, 3.63) is 12.7 Å². The lowest BCUT2D eigenvalue weighted by Gasteiger charge is -2.16. The zero-order valence-corrected chi connectivity index (χ0v) is 12.3. The molecule has 2 saturated heterocycles. The highest BCUT2D eigenvalue weighted by atomic mass is 32.2. The first-order valence-corrected chi connectivity index (χ1v) is 7.87. The smallest absolute Gasteiger partial charge is 0.332 e. The Hall–Kier alpha value is -1.70. The Morgan fingerprint density at radius 3 is 2.90 bits per heavy atom. The maximum absolute atomic E-state index is 11.3. The summed E-state index contributed by atoms with van der Waals surface area (Å²) >= 11 is 1.84. The van der Waals surface area contributed by atoms with Crippen molar-refractivity contribution in [2.24, 2.45) is 0 Å². The maximum Gasteiger partial charge on any atom is 0.378 e. The summed E-state index contributed by atoms with van der Waals surface area (Å²) in [5.74, 6) is -0.438. The minimum atomic E-state index is -0.791. The van der Waals surface area contributed by atoms with Crippen LogP contribution in [0.25, 0.3) is 0 Å². The average molecular weight is 314 g/mol. The lowest BCUT2D eigenvalue weighted by Crippen LogP contribution is -2.36. The Morgan fingerprint density at radius 2 is 2.14 bits per heavy atom. The SMILES string of the molecule is C=CC(=O)OOC(=O)CCCC[C@H]1SC[C@H]2NC(=O)N[C@H]21. The minimum Gasteiger partial charge on any atom is -0.332 e. The highest BCUT2D eigenvalue weighted by molar-refractivity contribution is 8.00. The summed E-state index contributed by atoms with van der Waals surface area (Å²) in [7, 11) is 0. The molecule has 116 valence electrons. The molecule has 0 aromatic heterocycles. The molecule has 2 aliphatic heterocycles. The van der Waals surface area contributed by atoms with Crippen LogP contribution in [0, 0.1) is 0 Å². The third-order valence-electron chi connectivity index (χ3n) is 3.44. The Morgan fingerprint density at radius 1 is 1.33 bits per heavy atom. The summed E-state index contributed by atoms with van der Waals surface area (Å²) in [5.41, 5.74) is 0. The van der Waals surface area contributed by atoms with Crippen LogP contribution in [0.2, 0.25) is 0 Å². The molecular formula is C13H18N2O5S. The fourth-order valence-corrected chi connectivity index (χ4v) is 3.96. The monoisotopic (exact) mass is 314 g/mol. The molecular weight excluding hydrogens is 296 g/mol. The molecule has 0 radical (unpaired) electrons. The number of hydrogen-bond donors (Lipinski definition) is 2. The van der Waals surface area contributed by atoms with Gasteiger partial charge in [-0.3, -0.25) is 0 Å². The first-order chi connectivity index (χ1) is 10.1. The molecule has 2 fully saturated rings. The number of unbranched alkanes of at least 4 members (excludes halogenated alkanes) is 1. The average Bonchev–Trinajstić information content (AvgIpc) is 3.00. The number of thioether (sulfide) groups is 1. The first-order valence-electron chi connectivity index (χ1n) is 6.82. The molecule has 0 spiro atoms. The molecule has 2 rings (SSSR count). The van der Waals surface area contributed by atoms with Crippen molar-refractivity contribution in [2.45, 2.75) is 43.0 Å². The van der Waals surface area contributed by atoms with Crippen LogP contribution in [0.1, 0.15) is 25.7 Å². The molecule has 0 aliphatic carbocycles. The molecule has 0 aromatic carbocycles. The van der Waals surface area contributed by atoms with Gasteiger partial charge in [0.15, 0.2) is 0 Å². The second-order valence-electron chi connectivity index (χ2n) is 4.93. The van der Waals surface area contributed by atoms with Gasteiger partial charge in [0.25, 0.3) is 0 Å². The van der Waals surface area contributed by atoms with Crippen molar-refractivity contribution in [3.8, 4) is 0 Å². The van der Waals surface area contributed by atoms with E-state index < -0.39 is 11.9 Å². The van der Waals surface area contributed by atoms with E-state index in [2.05, 4.69) is 27.0 Å². The fourth-order valence-electron chi connectivity index (χ4n) is 2.42. The quantitative estimate of drug-likeness (QED) is 0.249. The van der Waals surface area contributed by atoms with E-state index in [0.29, 0.717) is 11.7 Å². The summed E-state index contributed by atoms with van der Waals surface area (Å²) in [5, 5.41) is 6.19. The van der Waals surface area contributed by atoms with Gasteiger partial charge in [0, 0.05) is 17.1 Å². The van der Waals surface area contributed by atoms with Crippen LogP contribution in [0.5, 0.6) is 0 Å². The van der Waals surface area contributed by atoms with Gasteiger partial charge in [0.05, 0.1) is 18.5 Å². The normalized spacial score (nSPS) is 26.5. The van der Waals surface area contributed by atoms with Crippen LogP contribution in [-0.4, -0.2) is 41.1 Å². The summed E-state index contributed by atoms with van der Waals surface area (Å²) < 4.78 is 0. The standard InChI is InChI=1S/C13H18N2O5S/c1-2-10(16)19-20-11(17)6-4-3-5-9-12-8(7-21-9)14-13(18)15-12/h2,8-9,12H,1,3-7H2,(H2,14,15,18)/t8-,9-,12-/m1/s1. The van der Waals surface area contributed by atoms with Crippen LogP contribution >= 0.6 is 11.8 Å². The van der Waals surface area contributed by atoms with Gasteiger partial charge in [0.1, 0.15) is 0 Å². The van der Waals surface area contributed by atoms with Gasteiger partial charge in [-0.1, -0.05) is 13.0 Å². The molecule has 0 aromatic rings. The van der Waals surface area contributed by atoms with E-state index in [-0.39, 0.29) is 24.5 Å². The van der Waals surface area contributed by atoms with Gasteiger partial charge >= 0.3 is 18.0 Å². The second kappa shape index (κ2) is 7.35. The van der Waals surface area contributed by atoms with Gasteiger partial charge in [-0.15, -0.1) is 0 Å². The second-order valence-corrected chi connectivity index (χ2v) is 6.20. The minimum absolute atomic E-state index is 0.0945. The number of hydrogen-bond acceptors (Lipinski definition) is 6.